The fourth-order valence-electron chi connectivity index (χ4n) is 2.89. The van der Waals surface area contributed by atoms with E-state index in [1.807, 2.05) is 22.9 Å². The zero-order chi connectivity index (χ0) is 15.7. The van der Waals surface area contributed by atoms with Crippen LogP contribution in [0.5, 0.6) is 0 Å². The number of ether oxygens (including phenoxy) is 2. The zero-order valence-corrected chi connectivity index (χ0v) is 13.2. The molecule has 1 fully saturated rings. The molecule has 0 aliphatic carbocycles. The van der Waals surface area contributed by atoms with E-state index < -0.39 is 0 Å². The average molecular weight is 303 g/mol. The van der Waals surface area contributed by atoms with Crippen LogP contribution >= 0.6 is 0 Å². The first-order chi connectivity index (χ1) is 10.5. The maximum absolute atomic E-state index is 11.8. The number of carbonyl (C=O) groups is 1. The number of hydrogen-bond acceptors (Lipinski definition) is 5. The summed E-state index contributed by atoms with van der Waals surface area (Å²) in [5.74, 6) is -0.366. The van der Waals surface area contributed by atoms with E-state index in [-0.39, 0.29) is 11.6 Å². The first kappa shape index (κ1) is 15.0. The summed E-state index contributed by atoms with van der Waals surface area (Å²) >= 11 is 0. The number of pyridine rings is 1. The molecular weight excluding hydrogens is 282 g/mol. The highest BCUT2D eigenvalue weighted by Crippen LogP contribution is 2.19. The monoisotopic (exact) mass is 303 g/mol. The Morgan fingerprint density at radius 2 is 2.32 bits per heavy atom. The molecule has 6 heteroatoms. The maximum Gasteiger partial charge on any atom is 0.341 e. The Hall–Kier alpha value is -1.92. The van der Waals surface area contributed by atoms with Gasteiger partial charge in [-0.25, -0.2) is 9.78 Å². The van der Waals surface area contributed by atoms with Crippen molar-refractivity contribution in [3.05, 3.63) is 35.8 Å². The highest BCUT2D eigenvalue weighted by atomic mass is 16.5. The van der Waals surface area contributed by atoms with Gasteiger partial charge >= 0.3 is 5.97 Å². The number of morpholine rings is 1. The van der Waals surface area contributed by atoms with Gasteiger partial charge in [-0.15, -0.1) is 0 Å². The largest absolute Gasteiger partial charge is 0.465 e. The van der Waals surface area contributed by atoms with Gasteiger partial charge in [0, 0.05) is 32.0 Å². The number of methoxy groups -OCH3 is 1. The minimum Gasteiger partial charge on any atom is -0.465 e. The Balaban J connectivity index is 1.85. The highest BCUT2D eigenvalue weighted by molar-refractivity contribution is 5.95. The van der Waals surface area contributed by atoms with Crippen molar-refractivity contribution < 1.29 is 14.3 Å². The first-order valence-electron chi connectivity index (χ1n) is 7.40. The Morgan fingerprint density at radius 3 is 3.05 bits per heavy atom. The van der Waals surface area contributed by atoms with E-state index >= 15 is 0 Å². The number of imidazole rings is 1. The third-order valence-corrected chi connectivity index (χ3v) is 3.83. The van der Waals surface area contributed by atoms with Gasteiger partial charge < -0.3 is 13.9 Å². The molecule has 0 unspecified atom stereocenters. The summed E-state index contributed by atoms with van der Waals surface area (Å²) in [4.78, 5) is 18.7. The number of esters is 1. The lowest BCUT2D eigenvalue weighted by atomic mass is 10.1. The van der Waals surface area contributed by atoms with Crippen molar-refractivity contribution in [2.24, 2.45) is 0 Å². The maximum atomic E-state index is 11.8. The second-order valence-electron chi connectivity index (χ2n) is 6.20. The minimum absolute atomic E-state index is 0.130. The molecule has 2 aromatic rings. The normalized spacial score (nSPS) is 18.5. The summed E-state index contributed by atoms with van der Waals surface area (Å²) in [6.07, 6.45) is 3.85. The lowest BCUT2D eigenvalue weighted by molar-refractivity contribution is -0.0884. The van der Waals surface area contributed by atoms with Crippen LogP contribution in [0.2, 0.25) is 0 Å². The number of nitrogens with zero attached hydrogens (tertiary/aromatic N) is 3. The van der Waals surface area contributed by atoms with Gasteiger partial charge in [-0.2, -0.15) is 0 Å². The fourth-order valence-corrected chi connectivity index (χ4v) is 2.89. The molecule has 0 amide bonds. The van der Waals surface area contributed by atoms with E-state index in [1.165, 1.54) is 7.11 Å². The van der Waals surface area contributed by atoms with Crippen molar-refractivity contribution in [1.29, 1.82) is 0 Å². The van der Waals surface area contributed by atoms with E-state index in [2.05, 4.69) is 23.7 Å². The minimum atomic E-state index is -0.366. The molecule has 1 aliphatic heterocycles. The van der Waals surface area contributed by atoms with Gasteiger partial charge in [0.1, 0.15) is 5.56 Å². The first-order valence-corrected chi connectivity index (χ1v) is 7.40. The highest BCUT2D eigenvalue weighted by Gasteiger charge is 2.27. The van der Waals surface area contributed by atoms with Gasteiger partial charge in [-0.05, 0) is 26.0 Å². The number of hydrogen-bond donors (Lipinski definition) is 0. The van der Waals surface area contributed by atoms with E-state index in [0.717, 1.165) is 31.9 Å². The van der Waals surface area contributed by atoms with Gasteiger partial charge in [-0.3, -0.25) is 4.90 Å². The van der Waals surface area contributed by atoms with Crippen molar-refractivity contribution in [2.45, 2.75) is 26.0 Å². The van der Waals surface area contributed by atoms with Crippen molar-refractivity contribution in [3.63, 3.8) is 0 Å². The predicted molar refractivity (Wildman–Crippen MR) is 81.8 cm³/mol. The summed E-state index contributed by atoms with van der Waals surface area (Å²) in [6, 6.07) is 3.55. The third kappa shape index (κ3) is 2.98. The smallest absolute Gasteiger partial charge is 0.341 e. The van der Waals surface area contributed by atoms with Crippen LogP contribution in [0, 0.1) is 0 Å². The number of fused-ring (bicyclic) bond motifs is 1. The molecule has 0 N–H and O–H groups in total. The molecule has 1 saturated heterocycles. The molecule has 0 bridgehead atoms. The van der Waals surface area contributed by atoms with Crippen LogP contribution in [0.4, 0.5) is 0 Å². The molecule has 0 atom stereocenters. The molecule has 118 valence electrons. The molecular formula is C16H21N3O3. The third-order valence-electron chi connectivity index (χ3n) is 3.83. The molecule has 0 radical (unpaired) electrons. The van der Waals surface area contributed by atoms with Crippen LogP contribution in [-0.2, 0) is 16.0 Å². The fraction of sp³-hybridized carbons (Fsp3) is 0.500. The Morgan fingerprint density at radius 1 is 1.50 bits per heavy atom. The Kier molecular flexibility index (Phi) is 3.88. The molecule has 0 aromatic carbocycles. The van der Waals surface area contributed by atoms with Gasteiger partial charge in [0.15, 0.2) is 5.65 Å². The van der Waals surface area contributed by atoms with Crippen molar-refractivity contribution in [3.8, 4) is 0 Å². The lowest BCUT2D eigenvalue weighted by Crippen LogP contribution is -2.47. The SMILES string of the molecule is COC(=O)c1cccn2cc(CN3CCOC(C)(C)C3)nc12. The van der Waals surface area contributed by atoms with E-state index in [4.69, 9.17) is 9.47 Å². The lowest BCUT2D eigenvalue weighted by Gasteiger charge is -2.37. The Labute approximate surface area is 129 Å². The van der Waals surface area contributed by atoms with Crippen LogP contribution in [0.15, 0.2) is 24.5 Å². The van der Waals surface area contributed by atoms with Gasteiger partial charge in [0.25, 0.3) is 0 Å². The van der Waals surface area contributed by atoms with Gasteiger partial charge in [0.2, 0.25) is 0 Å². The zero-order valence-electron chi connectivity index (χ0n) is 13.2. The standard InChI is InChI=1S/C16H21N3O3/c1-16(2)11-18(7-8-22-16)9-12-10-19-6-4-5-13(14(19)17-12)15(20)21-3/h4-6,10H,7-9,11H2,1-3H3. The summed E-state index contributed by atoms with van der Waals surface area (Å²) in [5, 5.41) is 0. The van der Waals surface area contributed by atoms with Crippen LogP contribution < -0.4 is 0 Å². The Bertz CT molecular complexity index is 693. The predicted octanol–water partition coefficient (Wildman–Crippen LogP) is 1.73. The molecule has 2 aromatic heterocycles. The molecule has 22 heavy (non-hydrogen) atoms. The summed E-state index contributed by atoms with van der Waals surface area (Å²) in [6.45, 7) is 7.42. The quantitative estimate of drug-likeness (QED) is 0.808. The van der Waals surface area contributed by atoms with Crippen LogP contribution in [0.25, 0.3) is 5.65 Å². The molecule has 0 spiro atoms. The van der Waals surface area contributed by atoms with E-state index in [0.29, 0.717) is 11.2 Å². The van der Waals surface area contributed by atoms with Gasteiger partial charge in [-0.1, -0.05) is 0 Å². The van der Waals surface area contributed by atoms with Crippen molar-refractivity contribution in [2.75, 3.05) is 26.8 Å². The second-order valence-corrected chi connectivity index (χ2v) is 6.20. The van der Waals surface area contributed by atoms with Crippen LogP contribution in [0.3, 0.4) is 0 Å². The summed E-state index contributed by atoms with van der Waals surface area (Å²) in [5.41, 5.74) is 1.93. The molecule has 3 rings (SSSR count). The number of aromatic nitrogens is 2. The summed E-state index contributed by atoms with van der Waals surface area (Å²) < 4.78 is 12.4. The topological polar surface area (TPSA) is 56.1 Å². The molecule has 6 nitrogen and oxygen atoms in total. The number of rotatable bonds is 3. The molecule has 0 saturated carbocycles. The second kappa shape index (κ2) is 5.70. The van der Waals surface area contributed by atoms with Crippen LogP contribution in [0.1, 0.15) is 29.9 Å². The van der Waals surface area contributed by atoms with Crippen molar-refractivity contribution in [1.82, 2.24) is 14.3 Å². The van der Waals surface area contributed by atoms with E-state index in [1.54, 1.807) is 6.07 Å². The van der Waals surface area contributed by atoms with E-state index in [9.17, 15) is 4.79 Å². The van der Waals surface area contributed by atoms with Crippen LogP contribution in [-0.4, -0.2) is 52.7 Å². The molecule has 3 heterocycles. The average Bonchev–Trinajstić information content (AvgIpc) is 2.87. The van der Waals surface area contributed by atoms with Gasteiger partial charge in [0.05, 0.1) is 25.0 Å². The van der Waals surface area contributed by atoms with Crippen molar-refractivity contribution >= 4 is 11.6 Å². The molecule has 1 aliphatic rings. The number of carbonyl (C=O) groups excluding carboxylic acids is 1. The summed E-state index contributed by atoms with van der Waals surface area (Å²) in [7, 11) is 1.38.